The first-order valence-corrected chi connectivity index (χ1v) is 11.1. The lowest BCUT2D eigenvalue weighted by atomic mass is 9.94. The largest absolute Gasteiger partial charge is 0.310 e. The molecule has 1 saturated heterocycles. The van der Waals surface area contributed by atoms with E-state index >= 15 is 0 Å². The lowest BCUT2D eigenvalue weighted by Gasteiger charge is -2.34. The first-order chi connectivity index (χ1) is 11.7. The fourth-order valence-electron chi connectivity index (χ4n) is 4.05. The molecule has 25 heavy (non-hydrogen) atoms. The second-order valence-corrected chi connectivity index (χ2v) is 10.2. The smallest absolute Gasteiger partial charge is 0.245 e. The zero-order valence-electron chi connectivity index (χ0n) is 15.0. The van der Waals surface area contributed by atoms with Crippen molar-refractivity contribution in [3.8, 4) is 0 Å². The minimum Gasteiger partial charge on any atom is -0.310 e. The van der Waals surface area contributed by atoms with Gasteiger partial charge in [-0.2, -0.15) is 4.31 Å². The quantitative estimate of drug-likeness (QED) is 0.740. The molecule has 5 nitrogen and oxygen atoms in total. The van der Waals surface area contributed by atoms with Crippen LogP contribution in [0.1, 0.15) is 39.2 Å². The number of amides is 1. The Morgan fingerprint density at radius 2 is 1.88 bits per heavy atom. The molecular formula is C18H25BrN2O3S. The number of benzene rings is 1. The Hall–Kier alpha value is -0.920. The minimum absolute atomic E-state index is 0.0297. The van der Waals surface area contributed by atoms with Gasteiger partial charge in [0.25, 0.3) is 0 Å². The SMILES string of the molecule is CCC(=O)N1CCc2cc(Br)cc(S(=O)(=O)N3C[C@H](C)C[C@@H](C)C3)c21. The van der Waals surface area contributed by atoms with Gasteiger partial charge in [0.1, 0.15) is 4.90 Å². The molecule has 2 aliphatic heterocycles. The lowest BCUT2D eigenvalue weighted by Crippen LogP contribution is -2.43. The van der Waals surface area contributed by atoms with E-state index in [0.29, 0.717) is 50.0 Å². The molecule has 1 aromatic rings. The van der Waals surface area contributed by atoms with Gasteiger partial charge in [0.2, 0.25) is 15.9 Å². The topological polar surface area (TPSA) is 57.7 Å². The Balaban J connectivity index is 2.09. The van der Waals surface area contributed by atoms with Crippen LogP contribution in [-0.4, -0.2) is 38.3 Å². The molecule has 0 N–H and O–H groups in total. The van der Waals surface area contributed by atoms with E-state index in [1.807, 2.05) is 6.07 Å². The monoisotopic (exact) mass is 428 g/mol. The number of carbonyl (C=O) groups is 1. The molecule has 0 radical (unpaired) electrons. The molecular weight excluding hydrogens is 404 g/mol. The highest BCUT2D eigenvalue weighted by Crippen LogP contribution is 2.40. The van der Waals surface area contributed by atoms with Gasteiger partial charge in [-0.05, 0) is 42.4 Å². The van der Waals surface area contributed by atoms with Crippen molar-refractivity contribution in [2.75, 3.05) is 24.5 Å². The van der Waals surface area contributed by atoms with E-state index in [0.717, 1.165) is 16.5 Å². The molecule has 138 valence electrons. The van der Waals surface area contributed by atoms with Gasteiger partial charge in [-0.3, -0.25) is 4.79 Å². The van der Waals surface area contributed by atoms with Crippen molar-refractivity contribution in [3.05, 3.63) is 22.2 Å². The Morgan fingerprint density at radius 3 is 2.48 bits per heavy atom. The Kier molecular flexibility index (Phi) is 5.28. The molecule has 1 aromatic carbocycles. The standard InChI is InChI=1S/C18H25BrN2O3S/c1-4-17(22)21-6-5-14-8-15(19)9-16(18(14)21)25(23,24)20-10-12(2)7-13(3)11-20/h8-9,12-13H,4-7,10-11H2,1-3H3/t12-,13-/m1/s1. The maximum Gasteiger partial charge on any atom is 0.245 e. The number of nitrogens with zero attached hydrogens (tertiary/aromatic N) is 2. The van der Waals surface area contributed by atoms with Gasteiger partial charge in [0, 0.05) is 30.5 Å². The van der Waals surface area contributed by atoms with Crippen LogP contribution in [0.15, 0.2) is 21.5 Å². The first-order valence-electron chi connectivity index (χ1n) is 8.87. The van der Waals surface area contributed by atoms with Crippen LogP contribution in [0, 0.1) is 11.8 Å². The lowest BCUT2D eigenvalue weighted by molar-refractivity contribution is -0.118. The van der Waals surface area contributed by atoms with Crippen LogP contribution >= 0.6 is 15.9 Å². The zero-order valence-corrected chi connectivity index (χ0v) is 17.4. The maximum atomic E-state index is 13.4. The normalized spacial score (nSPS) is 24.4. The third-order valence-electron chi connectivity index (χ3n) is 5.05. The summed E-state index contributed by atoms with van der Waals surface area (Å²) in [4.78, 5) is 14.2. The zero-order chi connectivity index (χ0) is 18.4. The number of sulfonamides is 1. The molecule has 1 fully saturated rings. The van der Waals surface area contributed by atoms with Crippen molar-refractivity contribution in [2.24, 2.45) is 11.8 Å². The van der Waals surface area contributed by atoms with Gasteiger partial charge in [-0.1, -0.05) is 36.7 Å². The molecule has 0 unspecified atom stereocenters. The van der Waals surface area contributed by atoms with Crippen LogP contribution in [0.3, 0.4) is 0 Å². The van der Waals surface area contributed by atoms with Crippen LogP contribution in [0.25, 0.3) is 0 Å². The first kappa shape index (κ1) is 18.9. The van der Waals surface area contributed by atoms with E-state index in [4.69, 9.17) is 0 Å². The summed E-state index contributed by atoms with van der Waals surface area (Å²) in [7, 11) is -3.64. The minimum atomic E-state index is -3.64. The molecule has 0 spiro atoms. The van der Waals surface area contributed by atoms with Crippen LogP contribution in [0.5, 0.6) is 0 Å². The van der Waals surface area contributed by atoms with E-state index in [-0.39, 0.29) is 10.8 Å². The van der Waals surface area contributed by atoms with Crippen molar-refractivity contribution in [3.63, 3.8) is 0 Å². The van der Waals surface area contributed by atoms with E-state index in [9.17, 15) is 13.2 Å². The number of rotatable bonds is 3. The molecule has 0 aliphatic carbocycles. The maximum absolute atomic E-state index is 13.4. The molecule has 0 saturated carbocycles. The van der Waals surface area contributed by atoms with Crippen molar-refractivity contribution < 1.29 is 13.2 Å². The second-order valence-electron chi connectivity index (χ2n) is 7.33. The van der Waals surface area contributed by atoms with Gasteiger partial charge in [-0.15, -0.1) is 0 Å². The van der Waals surface area contributed by atoms with Gasteiger partial charge in [-0.25, -0.2) is 8.42 Å². The molecule has 0 bridgehead atoms. The van der Waals surface area contributed by atoms with Crippen LogP contribution in [0.4, 0.5) is 5.69 Å². The Morgan fingerprint density at radius 1 is 1.24 bits per heavy atom. The number of hydrogen-bond donors (Lipinski definition) is 0. The molecule has 3 rings (SSSR count). The van der Waals surface area contributed by atoms with E-state index < -0.39 is 10.0 Å². The Bertz CT molecular complexity index is 784. The summed E-state index contributed by atoms with van der Waals surface area (Å²) < 4.78 is 29.2. The van der Waals surface area contributed by atoms with Crippen LogP contribution in [-0.2, 0) is 21.2 Å². The molecule has 2 aliphatic rings. The second kappa shape index (κ2) is 7.00. The van der Waals surface area contributed by atoms with E-state index in [1.165, 1.54) is 0 Å². The van der Waals surface area contributed by atoms with Crippen molar-refractivity contribution in [1.82, 2.24) is 4.31 Å². The van der Waals surface area contributed by atoms with Crippen LogP contribution < -0.4 is 4.90 Å². The molecule has 2 heterocycles. The molecule has 1 amide bonds. The average molecular weight is 429 g/mol. The van der Waals surface area contributed by atoms with Crippen molar-refractivity contribution in [2.45, 2.75) is 44.9 Å². The number of carbonyl (C=O) groups excluding carboxylic acids is 1. The van der Waals surface area contributed by atoms with Crippen molar-refractivity contribution >= 4 is 37.5 Å². The molecule has 0 aromatic heterocycles. The van der Waals surface area contributed by atoms with Gasteiger partial charge >= 0.3 is 0 Å². The number of halogens is 1. The summed E-state index contributed by atoms with van der Waals surface area (Å²) in [6.07, 6.45) is 2.10. The van der Waals surface area contributed by atoms with Crippen molar-refractivity contribution in [1.29, 1.82) is 0 Å². The number of hydrogen-bond acceptors (Lipinski definition) is 3. The Labute approximate surface area is 158 Å². The fraction of sp³-hybridized carbons (Fsp3) is 0.611. The summed E-state index contributed by atoms with van der Waals surface area (Å²) in [5, 5.41) is 0. The molecule has 7 heteroatoms. The average Bonchev–Trinajstić information content (AvgIpc) is 2.95. The van der Waals surface area contributed by atoms with Gasteiger partial charge in [0.05, 0.1) is 5.69 Å². The molecule has 2 atom stereocenters. The predicted octanol–water partition coefficient (Wildman–Crippen LogP) is 3.41. The summed E-state index contributed by atoms with van der Waals surface area (Å²) in [6, 6.07) is 3.58. The summed E-state index contributed by atoms with van der Waals surface area (Å²) in [6.45, 7) is 7.62. The highest BCUT2D eigenvalue weighted by atomic mass is 79.9. The highest BCUT2D eigenvalue weighted by molar-refractivity contribution is 9.10. The summed E-state index contributed by atoms with van der Waals surface area (Å²) >= 11 is 3.44. The van der Waals surface area contributed by atoms with E-state index in [2.05, 4.69) is 29.8 Å². The number of piperidine rings is 1. The van der Waals surface area contributed by atoms with E-state index in [1.54, 1.807) is 22.2 Å². The third-order valence-corrected chi connectivity index (χ3v) is 7.35. The number of anilines is 1. The van der Waals surface area contributed by atoms with Crippen LogP contribution in [0.2, 0.25) is 0 Å². The van der Waals surface area contributed by atoms with Gasteiger partial charge in [0.15, 0.2) is 0 Å². The van der Waals surface area contributed by atoms with Gasteiger partial charge < -0.3 is 4.90 Å². The summed E-state index contributed by atoms with van der Waals surface area (Å²) in [5.74, 6) is 0.650. The predicted molar refractivity (Wildman–Crippen MR) is 102 cm³/mol. The fourth-order valence-corrected chi connectivity index (χ4v) is 6.65. The number of fused-ring (bicyclic) bond motifs is 1. The highest BCUT2D eigenvalue weighted by Gasteiger charge is 2.37. The third kappa shape index (κ3) is 3.51. The summed E-state index contributed by atoms with van der Waals surface area (Å²) in [5.41, 5.74) is 1.51.